The van der Waals surface area contributed by atoms with Crippen LogP contribution < -0.4 is 14.9 Å². The van der Waals surface area contributed by atoms with Crippen LogP contribution in [0, 0.1) is 5.82 Å². The van der Waals surface area contributed by atoms with Crippen LogP contribution in [0.1, 0.15) is 31.0 Å². The Bertz CT molecular complexity index is 2030. The Hall–Kier alpha value is -4.60. The van der Waals surface area contributed by atoms with Crippen molar-refractivity contribution in [3.63, 3.8) is 0 Å². The molecule has 10 heteroatoms. The van der Waals surface area contributed by atoms with Crippen molar-refractivity contribution in [3.05, 3.63) is 138 Å². The first-order valence-electron chi connectivity index (χ1n) is 13.2. The van der Waals surface area contributed by atoms with Crippen LogP contribution in [0.3, 0.4) is 0 Å². The molecule has 0 fully saturated rings. The molecule has 0 N–H and O–H groups in total. The van der Waals surface area contributed by atoms with Gasteiger partial charge in [0.1, 0.15) is 17.6 Å². The maximum atomic E-state index is 14.1. The number of ether oxygens (including phenoxy) is 1. The lowest BCUT2D eigenvalue weighted by atomic mass is 9.96. The minimum Gasteiger partial charge on any atom is -0.463 e. The van der Waals surface area contributed by atoms with E-state index < -0.39 is 12.0 Å². The largest absolute Gasteiger partial charge is 0.463 e. The van der Waals surface area contributed by atoms with Gasteiger partial charge in [-0.25, -0.2) is 18.9 Å². The monoisotopic (exact) mass is 598 g/mol. The summed E-state index contributed by atoms with van der Waals surface area (Å²) < 4.78 is 22.7. The molecule has 0 amide bonds. The quantitative estimate of drug-likeness (QED) is 0.244. The number of allylic oxidation sites excluding steroid dienone is 1. The van der Waals surface area contributed by atoms with Crippen LogP contribution in [0.4, 0.5) is 4.39 Å². The van der Waals surface area contributed by atoms with E-state index in [4.69, 9.17) is 21.4 Å². The Morgan fingerprint density at radius 2 is 1.79 bits per heavy atom. The molecule has 2 aromatic heterocycles. The normalized spacial score (nSPS) is 15.0. The molecule has 6 rings (SSSR count). The molecule has 42 heavy (non-hydrogen) atoms. The number of esters is 1. The topological polar surface area (TPSA) is 78.5 Å². The highest BCUT2D eigenvalue weighted by molar-refractivity contribution is 7.07. The highest BCUT2D eigenvalue weighted by Crippen LogP contribution is 2.34. The number of hydrogen-bond donors (Lipinski definition) is 0. The fourth-order valence-corrected chi connectivity index (χ4v) is 6.24. The number of carbonyl (C=O) groups excluding carboxylic acids is 1. The van der Waals surface area contributed by atoms with E-state index in [-0.39, 0.29) is 23.6 Å². The summed E-state index contributed by atoms with van der Waals surface area (Å²) in [6.07, 6.45) is 3.58. The summed E-state index contributed by atoms with van der Waals surface area (Å²) in [4.78, 5) is 32.3. The smallest absolute Gasteiger partial charge is 0.338 e. The lowest BCUT2D eigenvalue weighted by Crippen LogP contribution is -2.40. The van der Waals surface area contributed by atoms with Gasteiger partial charge in [0.25, 0.3) is 5.56 Å². The zero-order valence-corrected chi connectivity index (χ0v) is 24.2. The number of para-hydroxylation sites is 1. The standard InChI is InChI=1S/C32H24ClFN4O3S/c1-3-41-31(40)27-19(2)35-32-38(29(27)24-11-7-8-12-25(24)33)30(39)26(42-32)17-21-18-37(23-9-5-4-6-10-23)36-28(21)20-13-15-22(34)16-14-20/h4-18,29H,3H2,1-2H3. The number of aromatic nitrogens is 3. The Morgan fingerprint density at radius 3 is 2.50 bits per heavy atom. The molecule has 0 bridgehead atoms. The lowest BCUT2D eigenvalue weighted by Gasteiger charge is -2.25. The molecule has 0 saturated heterocycles. The zero-order chi connectivity index (χ0) is 29.4. The number of hydrogen-bond acceptors (Lipinski definition) is 6. The predicted molar refractivity (Wildman–Crippen MR) is 161 cm³/mol. The number of fused-ring (bicyclic) bond motifs is 1. The Labute approximate surface area is 249 Å². The van der Waals surface area contributed by atoms with E-state index in [2.05, 4.69) is 4.99 Å². The molecule has 7 nitrogen and oxygen atoms in total. The Kier molecular flexibility index (Phi) is 7.45. The minimum atomic E-state index is -0.820. The van der Waals surface area contributed by atoms with E-state index in [9.17, 15) is 14.0 Å². The molecule has 3 aromatic carbocycles. The van der Waals surface area contributed by atoms with E-state index in [0.29, 0.717) is 42.4 Å². The number of thiazole rings is 1. The van der Waals surface area contributed by atoms with E-state index in [1.54, 1.807) is 54.9 Å². The van der Waals surface area contributed by atoms with E-state index >= 15 is 0 Å². The van der Waals surface area contributed by atoms with Crippen molar-refractivity contribution < 1.29 is 13.9 Å². The molecule has 1 atom stereocenters. The lowest BCUT2D eigenvalue weighted by molar-refractivity contribution is -0.139. The summed E-state index contributed by atoms with van der Waals surface area (Å²) in [7, 11) is 0. The van der Waals surface area contributed by atoms with Crippen LogP contribution in [0.2, 0.25) is 5.02 Å². The number of nitrogens with zero attached hydrogens (tertiary/aromatic N) is 4. The molecule has 0 aliphatic carbocycles. The van der Waals surface area contributed by atoms with Crippen LogP contribution in [0.5, 0.6) is 0 Å². The third-order valence-corrected chi connectivity index (χ3v) is 8.21. The third kappa shape index (κ3) is 5.01. The number of halogens is 2. The van der Waals surface area contributed by atoms with Gasteiger partial charge in [0, 0.05) is 22.3 Å². The van der Waals surface area contributed by atoms with Crippen molar-refractivity contribution in [3.8, 4) is 16.9 Å². The molecule has 3 heterocycles. The van der Waals surface area contributed by atoms with Crippen molar-refractivity contribution >= 4 is 35.0 Å². The van der Waals surface area contributed by atoms with Gasteiger partial charge in [-0.05, 0) is 68.0 Å². The van der Waals surface area contributed by atoms with Crippen LogP contribution in [-0.4, -0.2) is 26.9 Å². The molecule has 210 valence electrons. The van der Waals surface area contributed by atoms with Crippen molar-refractivity contribution in [2.45, 2.75) is 19.9 Å². The molecular formula is C32H24ClFN4O3S. The van der Waals surface area contributed by atoms with Gasteiger partial charge in [-0.2, -0.15) is 5.10 Å². The summed E-state index contributed by atoms with van der Waals surface area (Å²) in [5.74, 6) is -0.913. The first-order valence-corrected chi connectivity index (χ1v) is 14.4. The average molecular weight is 599 g/mol. The molecule has 0 spiro atoms. The number of rotatable bonds is 6. The van der Waals surface area contributed by atoms with Gasteiger partial charge in [0.05, 0.1) is 28.1 Å². The molecule has 5 aromatic rings. The van der Waals surface area contributed by atoms with Gasteiger partial charge < -0.3 is 4.74 Å². The Morgan fingerprint density at radius 1 is 1.07 bits per heavy atom. The van der Waals surface area contributed by atoms with Crippen LogP contribution >= 0.6 is 22.9 Å². The second kappa shape index (κ2) is 11.3. The predicted octanol–water partition coefficient (Wildman–Crippen LogP) is 5.44. The van der Waals surface area contributed by atoms with Gasteiger partial charge in [-0.1, -0.05) is 59.3 Å². The summed E-state index contributed by atoms with van der Waals surface area (Å²) in [6.45, 7) is 3.62. The van der Waals surface area contributed by atoms with Crippen LogP contribution in [0.25, 0.3) is 23.0 Å². The molecule has 1 unspecified atom stereocenters. The highest BCUT2D eigenvalue weighted by atomic mass is 35.5. The molecule has 1 aliphatic rings. The van der Waals surface area contributed by atoms with Crippen LogP contribution in [0.15, 0.2) is 106 Å². The SMILES string of the molecule is CCOC(=O)C1=C(C)N=c2sc(=Cc3cn(-c4ccccc4)nc3-c3ccc(F)cc3)c(=O)n2C1c1ccccc1Cl. The second-order valence-corrected chi connectivity index (χ2v) is 11.0. The summed E-state index contributed by atoms with van der Waals surface area (Å²) in [5.41, 5.74) is 3.73. The second-order valence-electron chi connectivity index (χ2n) is 9.54. The molecule has 0 saturated carbocycles. The van der Waals surface area contributed by atoms with Gasteiger partial charge in [0.15, 0.2) is 4.80 Å². The zero-order valence-electron chi connectivity index (χ0n) is 22.6. The van der Waals surface area contributed by atoms with Gasteiger partial charge in [0.2, 0.25) is 0 Å². The summed E-state index contributed by atoms with van der Waals surface area (Å²) in [6, 6.07) is 21.9. The van der Waals surface area contributed by atoms with Crippen molar-refractivity contribution in [2.75, 3.05) is 6.61 Å². The minimum absolute atomic E-state index is 0.173. The van der Waals surface area contributed by atoms with Crippen molar-refractivity contribution in [1.29, 1.82) is 0 Å². The van der Waals surface area contributed by atoms with Crippen molar-refractivity contribution in [2.24, 2.45) is 4.99 Å². The molecule has 0 radical (unpaired) electrons. The maximum absolute atomic E-state index is 14.1. The first kappa shape index (κ1) is 27.6. The molecule has 1 aliphatic heterocycles. The third-order valence-electron chi connectivity index (χ3n) is 6.88. The number of benzene rings is 3. The van der Waals surface area contributed by atoms with Gasteiger partial charge >= 0.3 is 5.97 Å². The Balaban J connectivity index is 1.57. The van der Waals surface area contributed by atoms with Gasteiger partial charge in [-0.15, -0.1) is 0 Å². The fourth-order valence-electron chi connectivity index (χ4n) is 4.96. The first-order chi connectivity index (χ1) is 20.4. The van der Waals surface area contributed by atoms with E-state index in [0.717, 1.165) is 5.69 Å². The fraction of sp³-hybridized carbons (Fsp3) is 0.125. The maximum Gasteiger partial charge on any atom is 0.338 e. The average Bonchev–Trinajstić information content (AvgIpc) is 3.54. The number of carbonyl (C=O) groups is 1. The summed E-state index contributed by atoms with van der Waals surface area (Å²) >= 11 is 7.81. The molecular weight excluding hydrogens is 575 g/mol. The van der Waals surface area contributed by atoms with Crippen LogP contribution in [-0.2, 0) is 9.53 Å². The van der Waals surface area contributed by atoms with E-state index in [1.165, 1.54) is 28.0 Å². The summed E-state index contributed by atoms with van der Waals surface area (Å²) in [5, 5.41) is 5.19. The highest BCUT2D eigenvalue weighted by Gasteiger charge is 2.34. The van der Waals surface area contributed by atoms with E-state index in [1.807, 2.05) is 42.6 Å². The van der Waals surface area contributed by atoms with Gasteiger partial charge in [-0.3, -0.25) is 9.36 Å². The van der Waals surface area contributed by atoms with Crippen molar-refractivity contribution in [1.82, 2.24) is 14.3 Å².